The van der Waals surface area contributed by atoms with Crippen LogP contribution < -0.4 is 4.90 Å². The molecule has 1 aromatic carbocycles. The summed E-state index contributed by atoms with van der Waals surface area (Å²) in [7, 11) is 0. The maximum Gasteiger partial charge on any atom is 0.419 e. The van der Waals surface area contributed by atoms with E-state index in [2.05, 4.69) is 33.5 Å². The summed E-state index contributed by atoms with van der Waals surface area (Å²) in [6.07, 6.45) is 0.399. The molecule has 0 radical (unpaired) electrons. The fourth-order valence-electron chi connectivity index (χ4n) is 5.46. The molecule has 0 unspecified atom stereocenters. The average Bonchev–Trinajstić information content (AvgIpc) is 3.26. The Bertz CT molecular complexity index is 1170. The Hall–Kier alpha value is -3.04. The van der Waals surface area contributed by atoms with Crippen LogP contribution in [-0.2, 0) is 17.4 Å². The molecule has 0 bridgehead atoms. The Morgan fingerprint density at radius 2 is 1.89 bits per heavy atom. The van der Waals surface area contributed by atoms with Crippen LogP contribution in [0.25, 0.3) is 0 Å². The van der Waals surface area contributed by atoms with E-state index in [1.807, 2.05) is 13.8 Å². The van der Waals surface area contributed by atoms with E-state index in [-0.39, 0.29) is 17.0 Å². The molecule has 38 heavy (non-hydrogen) atoms. The van der Waals surface area contributed by atoms with E-state index in [1.54, 1.807) is 11.2 Å². The smallest absolute Gasteiger partial charge is 0.353 e. The van der Waals surface area contributed by atoms with Crippen molar-refractivity contribution in [3.05, 3.63) is 52.7 Å². The maximum absolute atomic E-state index is 14.5. The first kappa shape index (κ1) is 28.0. The second kappa shape index (κ2) is 11.0. The summed E-state index contributed by atoms with van der Waals surface area (Å²) in [5, 5.41) is 0. The van der Waals surface area contributed by atoms with Crippen LogP contribution in [0.4, 0.5) is 23.4 Å². The van der Waals surface area contributed by atoms with E-state index in [0.717, 1.165) is 36.5 Å². The quantitative estimate of drug-likeness (QED) is 0.320. The third-order valence-corrected chi connectivity index (χ3v) is 7.85. The Morgan fingerprint density at radius 3 is 2.53 bits per heavy atom. The highest BCUT2D eigenvalue weighted by molar-refractivity contribution is 5.84. The standard InChI is InChI=1S/C28H35F4N5O/c1-18-7-10-23-24(18)25(35-17-34-23)36-12-14-37(15-13-36)26(38)20(6-5-11-27(2,3)33-4)19-8-9-21(22(29)16-19)28(30,31)32/h8-9,16-18,20H,4-7,10-15H2,1-3H3/t18-,20-/m1/s1. The van der Waals surface area contributed by atoms with Crippen LogP contribution in [0.3, 0.4) is 0 Å². The van der Waals surface area contributed by atoms with Gasteiger partial charge >= 0.3 is 6.18 Å². The molecule has 1 aromatic heterocycles. The molecule has 2 atom stereocenters. The Kier molecular flexibility index (Phi) is 8.09. The van der Waals surface area contributed by atoms with E-state index in [9.17, 15) is 22.4 Å². The Labute approximate surface area is 221 Å². The van der Waals surface area contributed by atoms with Gasteiger partial charge in [0.2, 0.25) is 5.91 Å². The van der Waals surface area contributed by atoms with Crippen LogP contribution in [0, 0.1) is 5.82 Å². The van der Waals surface area contributed by atoms with Crippen LogP contribution in [0.2, 0.25) is 0 Å². The number of aryl methyl sites for hydroxylation is 1. The molecule has 2 heterocycles. The summed E-state index contributed by atoms with van der Waals surface area (Å²) in [5.74, 6) is -1.00. The lowest BCUT2D eigenvalue weighted by molar-refractivity contribution is -0.140. The second-order valence-electron chi connectivity index (χ2n) is 11.0. The number of amides is 1. The number of carbonyl (C=O) groups is 1. The van der Waals surface area contributed by atoms with Crippen LogP contribution in [-0.4, -0.2) is 59.2 Å². The number of aliphatic imine (C=N–C) groups is 1. The zero-order valence-corrected chi connectivity index (χ0v) is 22.2. The van der Waals surface area contributed by atoms with Gasteiger partial charge in [-0.05, 0) is 76.3 Å². The predicted octanol–water partition coefficient (Wildman–Crippen LogP) is 5.77. The lowest BCUT2D eigenvalue weighted by atomic mass is 9.88. The van der Waals surface area contributed by atoms with Crippen molar-refractivity contribution in [1.29, 1.82) is 0 Å². The van der Waals surface area contributed by atoms with E-state index in [1.165, 1.54) is 11.6 Å². The van der Waals surface area contributed by atoms with E-state index in [0.29, 0.717) is 51.4 Å². The number of rotatable bonds is 8. The predicted molar refractivity (Wildman–Crippen MR) is 139 cm³/mol. The normalized spacial score (nSPS) is 18.9. The Balaban J connectivity index is 1.51. The highest BCUT2D eigenvalue weighted by Gasteiger charge is 2.36. The summed E-state index contributed by atoms with van der Waals surface area (Å²) < 4.78 is 53.9. The minimum Gasteiger partial charge on any atom is -0.353 e. The van der Waals surface area contributed by atoms with Crippen molar-refractivity contribution in [2.24, 2.45) is 4.99 Å². The first-order valence-corrected chi connectivity index (χ1v) is 13.1. The maximum atomic E-state index is 14.5. The number of nitrogens with zero attached hydrogens (tertiary/aromatic N) is 5. The molecule has 0 spiro atoms. The van der Waals surface area contributed by atoms with Crippen molar-refractivity contribution >= 4 is 18.4 Å². The number of fused-ring (bicyclic) bond motifs is 1. The zero-order chi connectivity index (χ0) is 27.7. The number of hydrogen-bond acceptors (Lipinski definition) is 5. The lowest BCUT2D eigenvalue weighted by Crippen LogP contribution is -2.50. The number of anilines is 1. The third kappa shape index (κ3) is 5.99. The van der Waals surface area contributed by atoms with Gasteiger partial charge in [0.25, 0.3) is 0 Å². The van der Waals surface area contributed by atoms with Gasteiger partial charge < -0.3 is 9.80 Å². The van der Waals surface area contributed by atoms with Crippen molar-refractivity contribution in [3.8, 4) is 0 Å². The molecule has 1 aliphatic heterocycles. The molecule has 1 saturated heterocycles. The van der Waals surface area contributed by atoms with E-state index < -0.39 is 23.5 Å². The van der Waals surface area contributed by atoms with Crippen molar-refractivity contribution in [1.82, 2.24) is 14.9 Å². The summed E-state index contributed by atoms with van der Waals surface area (Å²) >= 11 is 0. The summed E-state index contributed by atoms with van der Waals surface area (Å²) in [5.41, 5.74) is 0.810. The van der Waals surface area contributed by atoms with E-state index in [4.69, 9.17) is 0 Å². The minimum absolute atomic E-state index is 0.200. The Morgan fingerprint density at radius 1 is 1.18 bits per heavy atom. The van der Waals surface area contributed by atoms with Crippen molar-refractivity contribution in [3.63, 3.8) is 0 Å². The summed E-state index contributed by atoms with van der Waals surface area (Å²) in [4.78, 5) is 30.7. The molecule has 1 amide bonds. The molecule has 1 fully saturated rings. The largest absolute Gasteiger partial charge is 0.419 e. The third-order valence-electron chi connectivity index (χ3n) is 7.85. The van der Waals surface area contributed by atoms with Crippen LogP contribution >= 0.6 is 0 Å². The van der Waals surface area contributed by atoms with Gasteiger partial charge in [-0.25, -0.2) is 14.4 Å². The van der Waals surface area contributed by atoms with Crippen LogP contribution in [0.15, 0.2) is 29.5 Å². The number of alkyl halides is 3. The molecular weight excluding hydrogens is 498 g/mol. The van der Waals surface area contributed by atoms with Crippen molar-refractivity contribution < 1.29 is 22.4 Å². The summed E-state index contributed by atoms with van der Waals surface area (Å²) in [6, 6.07) is 2.83. The van der Waals surface area contributed by atoms with Crippen molar-refractivity contribution in [2.75, 3.05) is 31.1 Å². The second-order valence-corrected chi connectivity index (χ2v) is 11.0. The molecule has 0 saturated carbocycles. The van der Waals surface area contributed by atoms with Gasteiger partial charge in [0, 0.05) is 37.4 Å². The fourth-order valence-corrected chi connectivity index (χ4v) is 5.46. The molecule has 6 nitrogen and oxygen atoms in total. The number of carbonyl (C=O) groups excluding carboxylic acids is 1. The SMILES string of the molecule is C=NC(C)(C)CCC[C@@H](C(=O)N1CCN(c2ncnc3c2[C@H](C)CC3)CC1)c1ccc(C(F)(F)F)c(F)c1. The molecule has 2 aliphatic rings. The minimum atomic E-state index is -4.79. The topological polar surface area (TPSA) is 61.7 Å². The van der Waals surface area contributed by atoms with Crippen LogP contribution in [0.1, 0.15) is 80.7 Å². The van der Waals surface area contributed by atoms with Gasteiger partial charge in [-0.3, -0.25) is 9.79 Å². The molecule has 2 aromatic rings. The molecule has 1 aliphatic carbocycles. The molecule has 10 heteroatoms. The average molecular weight is 534 g/mol. The number of hydrogen-bond donors (Lipinski definition) is 0. The number of halogens is 4. The van der Waals surface area contributed by atoms with Gasteiger partial charge in [-0.1, -0.05) is 13.0 Å². The molecule has 4 rings (SSSR count). The molecule has 206 valence electrons. The zero-order valence-electron chi connectivity index (χ0n) is 22.2. The highest BCUT2D eigenvalue weighted by atomic mass is 19.4. The molecule has 0 N–H and O–H groups in total. The number of benzene rings is 1. The monoisotopic (exact) mass is 533 g/mol. The lowest BCUT2D eigenvalue weighted by Gasteiger charge is -2.38. The van der Waals surface area contributed by atoms with Gasteiger partial charge in [0.15, 0.2) is 0 Å². The summed E-state index contributed by atoms with van der Waals surface area (Å²) in [6.45, 7) is 11.7. The molecular formula is C28H35F4N5O. The van der Waals surface area contributed by atoms with Gasteiger partial charge in [-0.15, -0.1) is 0 Å². The van der Waals surface area contributed by atoms with Gasteiger partial charge in [-0.2, -0.15) is 13.2 Å². The van der Waals surface area contributed by atoms with E-state index >= 15 is 0 Å². The fraction of sp³-hybridized carbons (Fsp3) is 0.571. The first-order chi connectivity index (χ1) is 17.9. The van der Waals surface area contributed by atoms with Gasteiger partial charge in [0.05, 0.1) is 17.0 Å². The number of aromatic nitrogens is 2. The van der Waals surface area contributed by atoms with Crippen molar-refractivity contribution in [2.45, 2.75) is 76.4 Å². The van der Waals surface area contributed by atoms with Gasteiger partial charge in [0.1, 0.15) is 18.0 Å². The number of piperazine rings is 1. The highest BCUT2D eigenvalue weighted by Crippen LogP contribution is 2.38. The van der Waals surface area contributed by atoms with Crippen LogP contribution in [0.5, 0.6) is 0 Å². The first-order valence-electron chi connectivity index (χ1n) is 13.1.